The maximum Gasteiger partial charge on any atom is 0.263 e. The van der Waals surface area contributed by atoms with Crippen molar-refractivity contribution in [2.45, 2.75) is 11.7 Å². The lowest BCUT2D eigenvalue weighted by Gasteiger charge is -2.17. The van der Waals surface area contributed by atoms with Crippen LogP contribution in [-0.4, -0.2) is 45.0 Å². The third-order valence-corrected chi connectivity index (χ3v) is 6.76. The molecule has 3 aromatic carbocycles. The number of amides is 1. The quantitative estimate of drug-likeness (QED) is 0.326. The van der Waals surface area contributed by atoms with Crippen LogP contribution in [0.5, 0.6) is 5.75 Å². The van der Waals surface area contributed by atoms with Crippen LogP contribution in [0.1, 0.15) is 5.56 Å². The van der Waals surface area contributed by atoms with Gasteiger partial charge in [-0.15, -0.1) is 10.2 Å². The van der Waals surface area contributed by atoms with E-state index in [1.807, 2.05) is 77.2 Å². The lowest BCUT2D eigenvalue weighted by Crippen LogP contribution is -2.28. The smallest absolute Gasteiger partial charge is 0.263 e. The van der Waals surface area contributed by atoms with Crippen LogP contribution in [-0.2, 0) is 11.3 Å². The molecule has 0 aliphatic carbocycles. The van der Waals surface area contributed by atoms with E-state index in [-0.39, 0.29) is 23.8 Å². The number of fused-ring (bicyclic) bond motifs is 3. The molecule has 8 nitrogen and oxygen atoms in total. The maximum absolute atomic E-state index is 13.4. The zero-order valence-corrected chi connectivity index (χ0v) is 20.1. The molecule has 0 unspecified atom stereocenters. The van der Waals surface area contributed by atoms with Gasteiger partial charge in [0.1, 0.15) is 5.75 Å². The number of ether oxygens (including phenoxy) is 1. The Morgan fingerprint density at radius 1 is 0.971 bits per heavy atom. The summed E-state index contributed by atoms with van der Waals surface area (Å²) in [5.41, 5.74) is 2.20. The number of para-hydroxylation sites is 3. The first-order valence-electron chi connectivity index (χ1n) is 11.0. The molecule has 0 atom stereocenters. The number of carbonyl (C=O) groups excluding carboxylic acids is 1. The van der Waals surface area contributed by atoms with Crippen molar-refractivity contribution in [3.8, 4) is 5.75 Å². The van der Waals surface area contributed by atoms with Gasteiger partial charge in [-0.2, -0.15) is 0 Å². The number of thioether (sulfide) groups is 1. The van der Waals surface area contributed by atoms with Gasteiger partial charge in [-0.25, -0.2) is 0 Å². The van der Waals surface area contributed by atoms with E-state index in [2.05, 4.69) is 10.2 Å². The summed E-state index contributed by atoms with van der Waals surface area (Å²) in [5, 5.41) is 9.79. The fourth-order valence-corrected chi connectivity index (χ4v) is 4.85. The van der Waals surface area contributed by atoms with Crippen molar-refractivity contribution in [1.82, 2.24) is 19.2 Å². The monoisotopic (exact) mass is 485 g/mol. The van der Waals surface area contributed by atoms with Gasteiger partial charge in [0.05, 0.1) is 30.3 Å². The van der Waals surface area contributed by atoms with Gasteiger partial charge in [0.2, 0.25) is 11.7 Å². The molecule has 5 aromatic rings. The summed E-state index contributed by atoms with van der Waals surface area (Å²) >= 11 is 1.29. The largest absolute Gasteiger partial charge is 0.496 e. The molecular formula is C26H23N5O3S. The molecular weight excluding hydrogens is 462 g/mol. The molecule has 0 radical (unpaired) electrons. The second-order valence-corrected chi connectivity index (χ2v) is 8.86. The van der Waals surface area contributed by atoms with Crippen molar-refractivity contribution in [3.05, 3.63) is 94.8 Å². The average Bonchev–Trinajstić information content (AvgIpc) is 3.34. The Hall–Kier alpha value is -4.11. The van der Waals surface area contributed by atoms with E-state index in [0.717, 1.165) is 11.3 Å². The molecule has 35 heavy (non-hydrogen) atoms. The topological polar surface area (TPSA) is 81.7 Å². The highest BCUT2D eigenvalue weighted by Crippen LogP contribution is 2.24. The molecule has 0 aliphatic rings. The molecule has 0 saturated heterocycles. The van der Waals surface area contributed by atoms with Gasteiger partial charge in [0.15, 0.2) is 5.16 Å². The fourth-order valence-electron chi connectivity index (χ4n) is 3.99. The lowest BCUT2D eigenvalue weighted by molar-refractivity contribution is -0.115. The van der Waals surface area contributed by atoms with Crippen LogP contribution >= 0.6 is 11.8 Å². The van der Waals surface area contributed by atoms with Crippen molar-refractivity contribution < 1.29 is 9.53 Å². The van der Waals surface area contributed by atoms with E-state index in [0.29, 0.717) is 27.6 Å². The first-order valence-corrected chi connectivity index (χ1v) is 12.0. The van der Waals surface area contributed by atoms with E-state index in [4.69, 9.17) is 4.74 Å². The SMILES string of the molecule is COc1ccccc1Cn1c(=O)c2ccccc2n2c(SCC(=O)N(C)c3ccccc3)nnc12. The number of methoxy groups -OCH3 is 1. The van der Waals surface area contributed by atoms with E-state index in [9.17, 15) is 9.59 Å². The highest BCUT2D eigenvalue weighted by Gasteiger charge is 2.19. The van der Waals surface area contributed by atoms with Gasteiger partial charge in [-0.05, 0) is 30.3 Å². The molecule has 5 rings (SSSR count). The number of aromatic nitrogens is 4. The Labute approximate surface area is 205 Å². The van der Waals surface area contributed by atoms with E-state index >= 15 is 0 Å². The lowest BCUT2D eigenvalue weighted by atomic mass is 10.2. The van der Waals surface area contributed by atoms with E-state index in [1.54, 1.807) is 29.7 Å². The van der Waals surface area contributed by atoms with Gasteiger partial charge >= 0.3 is 0 Å². The average molecular weight is 486 g/mol. The Balaban J connectivity index is 1.54. The number of hydrogen-bond acceptors (Lipinski definition) is 6. The number of nitrogens with zero attached hydrogens (tertiary/aromatic N) is 5. The van der Waals surface area contributed by atoms with Gasteiger partial charge < -0.3 is 9.64 Å². The second-order valence-electron chi connectivity index (χ2n) is 7.92. The number of anilines is 1. The summed E-state index contributed by atoms with van der Waals surface area (Å²) in [5.74, 6) is 1.21. The minimum atomic E-state index is -0.164. The molecule has 0 spiro atoms. The van der Waals surface area contributed by atoms with E-state index in [1.165, 1.54) is 11.8 Å². The zero-order valence-electron chi connectivity index (χ0n) is 19.3. The Kier molecular flexibility index (Phi) is 6.24. The van der Waals surface area contributed by atoms with Crippen molar-refractivity contribution in [2.24, 2.45) is 0 Å². The van der Waals surface area contributed by atoms with Gasteiger partial charge in [0, 0.05) is 18.3 Å². The first-order chi connectivity index (χ1) is 17.1. The summed E-state index contributed by atoms with van der Waals surface area (Å²) in [7, 11) is 3.35. The van der Waals surface area contributed by atoms with Crippen molar-refractivity contribution >= 4 is 40.0 Å². The van der Waals surface area contributed by atoms with Crippen molar-refractivity contribution in [3.63, 3.8) is 0 Å². The van der Waals surface area contributed by atoms with Crippen LogP contribution < -0.4 is 15.2 Å². The minimum Gasteiger partial charge on any atom is -0.496 e. The van der Waals surface area contributed by atoms with Gasteiger partial charge in [0.25, 0.3) is 5.56 Å². The molecule has 9 heteroatoms. The summed E-state index contributed by atoms with van der Waals surface area (Å²) < 4.78 is 8.91. The van der Waals surface area contributed by atoms with E-state index < -0.39 is 0 Å². The highest BCUT2D eigenvalue weighted by molar-refractivity contribution is 7.99. The molecule has 176 valence electrons. The van der Waals surface area contributed by atoms with Crippen LogP contribution in [0.25, 0.3) is 16.7 Å². The van der Waals surface area contributed by atoms with Crippen LogP contribution in [0, 0.1) is 0 Å². The second kappa shape index (κ2) is 9.63. The van der Waals surface area contributed by atoms with Gasteiger partial charge in [-0.3, -0.25) is 18.6 Å². The third-order valence-electron chi connectivity index (χ3n) is 5.84. The Bertz CT molecular complexity index is 1580. The van der Waals surface area contributed by atoms with Crippen LogP contribution in [0.2, 0.25) is 0 Å². The number of benzene rings is 3. The molecule has 0 aliphatic heterocycles. The Morgan fingerprint density at radius 3 is 2.49 bits per heavy atom. The number of carbonyl (C=O) groups is 1. The predicted octanol–water partition coefficient (Wildman–Crippen LogP) is 3.86. The fraction of sp³-hybridized carbons (Fsp3) is 0.154. The molecule has 2 heterocycles. The summed E-state index contributed by atoms with van der Waals surface area (Å²) in [4.78, 5) is 27.9. The van der Waals surface area contributed by atoms with Crippen molar-refractivity contribution in [1.29, 1.82) is 0 Å². The molecule has 0 saturated carbocycles. The van der Waals surface area contributed by atoms with Gasteiger partial charge in [-0.1, -0.05) is 60.3 Å². The van der Waals surface area contributed by atoms with Crippen LogP contribution in [0.3, 0.4) is 0 Å². The minimum absolute atomic E-state index is 0.0652. The predicted molar refractivity (Wildman–Crippen MR) is 137 cm³/mol. The first kappa shape index (κ1) is 22.7. The number of rotatable bonds is 7. The standard InChI is InChI=1S/C26H23N5O3S/c1-29(19-11-4-3-5-12-19)23(32)17-35-26-28-27-25-30(16-18-10-6-9-15-22(18)34-2)24(33)20-13-7-8-14-21(20)31(25)26/h3-15H,16-17H2,1-2H3. The normalized spacial score (nSPS) is 11.1. The van der Waals surface area contributed by atoms with Crippen LogP contribution in [0.15, 0.2) is 88.8 Å². The summed E-state index contributed by atoms with van der Waals surface area (Å²) in [6.07, 6.45) is 0. The van der Waals surface area contributed by atoms with Crippen LogP contribution in [0.4, 0.5) is 5.69 Å². The molecule has 1 amide bonds. The summed E-state index contributed by atoms with van der Waals surface area (Å²) in [6.45, 7) is 0.273. The molecule has 0 N–H and O–H groups in total. The molecule has 2 aromatic heterocycles. The zero-order chi connectivity index (χ0) is 24.4. The molecule has 0 bridgehead atoms. The van der Waals surface area contributed by atoms with Crippen molar-refractivity contribution in [2.75, 3.05) is 24.8 Å². The maximum atomic E-state index is 13.4. The Morgan fingerprint density at radius 2 is 1.69 bits per heavy atom. The molecule has 0 fully saturated rings. The summed E-state index contributed by atoms with van der Waals surface area (Å²) in [6, 6.07) is 24.4. The number of hydrogen-bond donors (Lipinski definition) is 0. The highest BCUT2D eigenvalue weighted by atomic mass is 32.2. The third kappa shape index (κ3) is 4.26.